The SMILES string of the molecule is COc1cc2c(Oc3cccc([N+](=O)[O-])c3F)ccnc2cc1OCC1CCN(C(=O)OC(C)(C)C)CC1. The number of carbonyl (C=O) groups excluding carboxylic acids is 1. The van der Waals surface area contributed by atoms with Crippen molar-refractivity contribution in [3.8, 4) is 23.0 Å². The number of benzene rings is 2. The lowest BCUT2D eigenvalue weighted by molar-refractivity contribution is -0.387. The van der Waals surface area contributed by atoms with Gasteiger partial charge >= 0.3 is 11.8 Å². The predicted octanol–water partition coefficient (Wildman–Crippen LogP) is 6.11. The quantitative estimate of drug-likeness (QED) is 0.267. The molecule has 38 heavy (non-hydrogen) atoms. The molecule has 10 nitrogen and oxygen atoms in total. The maximum absolute atomic E-state index is 14.6. The summed E-state index contributed by atoms with van der Waals surface area (Å²) in [5.41, 5.74) is -0.689. The van der Waals surface area contributed by atoms with Crippen molar-refractivity contribution in [3.05, 3.63) is 58.5 Å². The average molecular weight is 528 g/mol. The van der Waals surface area contributed by atoms with Crippen LogP contribution in [0.4, 0.5) is 14.9 Å². The molecule has 1 fully saturated rings. The van der Waals surface area contributed by atoms with E-state index in [0.717, 1.165) is 18.9 Å². The summed E-state index contributed by atoms with van der Waals surface area (Å²) >= 11 is 0. The second kappa shape index (κ2) is 11.1. The van der Waals surface area contributed by atoms with Gasteiger partial charge in [0.1, 0.15) is 11.4 Å². The minimum Gasteiger partial charge on any atom is -0.493 e. The topological polar surface area (TPSA) is 113 Å². The average Bonchev–Trinajstić information content (AvgIpc) is 2.87. The van der Waals surface area contributed by atoms with Gasteiger partial charge in [0.05, 0.1) is 24.2 Å². The van der Waals surface area contributed by atoms with Gasteiger partial charge < -0.3 is 23.8 Å². The summed E-state index contributed by atoms with van der Waals surface area (Å²) in [4.78, 5) is 28.7. The number of halogens is 1. The Hall–Kier alpha value is -4.15. The van der Waals surface area contributed by atoms with Crippen LogP contribution in [0.1, 0.15) is 33.6 Å². The molecule has 0 N–H and O–H groups in total. The summed E-state index contributed by atoms with van der Waals surface area (Å²) in [5, 5.41) is 11.6. The van der Waals surface area contributed by atoms with E-state index < -0.39 is 22.0 Å². The van der Waals surface area contributed by atoms with E-state index in [2.05, 4.69) is 4.98 Å². The first-order valence-electron chi connectivity index (χ1n) is 12.2. The number of ether oxygens (including phenoxy) is 4. The molecule has 3 aromatic rings. The van der Waals surface area contributed by atoms with E-state index in [1.807, 2.05) is 20.8 Å². The number of methoxy groups -OCH3 is 1. The van der Waals surface area contributed by atoms with Gasteiger partial charge in [-0.2, -0.15) is 4.39 Å². The number of likely N-dealkylation sites (tertiary alicyclic amines) is 1. The molecule has 0 unspecified atom stereocenters. The molecular weight excluding hydrogens is 497 g/mol. The lowest BCUT2D eigenvalue weighted by Gasteiger charge is -2.33. The Kier molecular flexibility index (Phi) is 7.84. The molecule has 1 saturated heterocycles. The lowest BCUT2D eigenvalue weighted by Crippen LogP contribution is -2.42. The van der Waals surface area contributed by atoms with Crippen LogP contribution in [0.2, 0.25) is 0 Å². The van der Waals surface area contributed by atoms with Crippen LogP contribution in [0.25, 0.3) is 10.9 Å². The Morgan fingerprint density at radius 3 is 2.53 bits per heavy atom. The molecule has 0 aliphatic carbocycles. The Labute approximate surface area is 219 Å². The predicted molar refractivity (Wildman–Crippen MR) is 137 cm³/mol. The third-order valence-corrected chi connectivity index (χ3v) is 6.09. The molecule has 1 aliphatic rings. The summed E-state index contributed by atoms with van der Waals surface area (Å²) in [6.45, 7) is 7.15. The second-order valence-electron chi connectivity index (χ2n) is 10.00. The molecule has 2 heterocycles. The van der Waals surface area contributed by atoms with Crippen molar-refractivity contribution in [1.29, 1.82) is 0 Å². The number of piperidine rings is 1. The van der Waals surface area contributed by atoms with Gasteiger partial charge in [0.25, 0.3) is 0 Å². The third-order valence-electron chi connectivity index (χ3n) is 6.09. The van der Waals surface area contributed by atoms with E-state index >= 15 is 0 Å². The third kappa shape index (κ3) is 6.21. The van der Waals surface area contributed by atoms with Gasteiger partial charge in [-0.15, -0.1) is 0 Å². The normalized spacial score (nSPS) is 14.3. The molecule has 0 spiro atoms. The summed E-state index contributed by atoms with van der Waals surface area (Å²) in [7, 11) is 1.50. The van der Waals surface area contributed by atoms with Crippen molar-refractivity contribution in [2.45, 2.75) is 39.2 Å². The van der Waals surface area contributed by atoms with Crippen molar-refractivity contribution in [2.24, 2.45) is 5.92 Å². The maximum Gasteiger partial charge on any atom is 0.410 e. The van der Waals surface area contributed by atoms with Crippen LogP contribution in [-0.4, -0.2) is 53.3 Å². The van der Waals surface area contributed by atoms with Crippen molar-refractivity contribution < 1.29 is 33.1 Å². The second-order valence-corrected chi connectivity index (χ2v) is 10.00. The van der Waals surface area contributed by atoms with Gasteiger partial charge in [-0.1, -0.05) is 6.07 Å². The number of hydrogen-bond acceptors (Lipinski definition) is 8. The van der Waals surface area contributed by atoms with Crippen LogP contribution in [0, 0.1) is 21.8 Å². The number of nitrogens with zero attached hydrogens (tertiary/aromatic N) is 3. The number of aromatic nitrogens is 1. The zero-order valence-electron chi connectivity index (χ0n) is 21.7. The Bertz CT molecular complexity index is 1330. The molecule has 0 atom stereocenters. The monoisotopic (exact) mass is 527 g/mol. The van der Waals surface area contributed by atoms with Gasteiger partial charge in [-0.3, -0.25) is 15.1 Å². The fourth-order valence-corrected chi connectivity index (χ4v) is 4.14. The number of pyridine rings is 1. The fourth-order valence-electron chi connectivity index (χ4n) is 4.14. The highest BCUT2D eigenvalue weighted by molar-refractivity contribution is 5.88. The fraction of sp³-hybridized carbons (Fsp3) is 0.407. The van der Waals surface area contributed by atoms with E-state index in [-0.39, 0.29) is 23.5 Å². The Morgan fingerprint density at radius 2 is 1.87 bits per heavy atom. The van der Waals surface area contributed by atoms with Crippen molar-refractivity contribution in [3.63, 3.8) is 0 Å². The molecule has 1 amide bonds. The molecule has 1 aromatic heterocycles. The zero-order valence-corrected chi connectivity index (χ0v) is 21.7. The highest BCUT2D eigenvalue weighted by Crippen LogP contribution is 2.39. The van der Waals surface area contributed by atoms with Crippen LogP contribution in [0.5, 0.6) is 23.0 Å². The first-order valence-corrected chi connectivity index (χ1v) is 12.2. The minimum absolute atomic E-state index is 0.244. The van der Waals surface area contributed by atoms with Gasteiger partial charge in [0, 0.05) is 36.8 Å². The maximum atomic E-state index is 14.6. The van der Waals surface area contributed by atoms with Crippen LogP contribution in [0.3, 0.4) is 0 Å². The first kappa shape index (κ1) is 26.9. The van der Waals surface area contributed by atoms with E-state index in [9.17, 15) is 19.3 Å². The number of nitro groups is 1. The number of amides is 1. The van der Waals surface area contributed by atoms with Crippen molar-refractivity contribution in [1.82, 2.24) is 9.88 Å². The molecule has 1 aliphatic heterocycles. The standard InChI is InChI=1S/C27H30FN3O7/c1-27(2,3)38-26(32)30-12-9-17(10-13-30)16-36-24-15-19-18(14-23(24)35-4)21(8-11-29-19)37-22-7-5-6-20(25(22)28)31(33)34/h5-8,11,14-15,17H,9-10,12-13,16H2,1-4H3. The molecular formula is C27H30FN3O7. The Balaban J connectivity index is 1.46. The largest absolute Gasteiger partial charge is 0.493 e. The number of carbonyl (C=O) groups is 1. The van der Waals surface area contributed by atoms with E-state index in [0.29, 0.717) is 42.1 Å². The van der Waals surface area contributed by atoms with Gasteiger partial charge in [-0.25, -0.2) is 4.79 Å². The molecule has 0 radical (unpaired) electrons. The zero-order chi connectivity index (χ0) is 27.4. The van der Waals surface area contributed by atoms with E-state index in [4.69, 9.17) is 18.9 Å². The van der Waals surface area contributed by atoms with Gasteiger partial charge in [-0.05, 0) is 57.7 Å². The van der Waals surface area contributed by atoms with Crippen molar-refractivity contribution in [2.75, 3.05) is 26.8 Å². The highest BCUT2D eigenvalue weighted by Gasteiger charge is 2.27. The minimum atomic E-state index is -1.06. The van der Waals surface area contributed by atoms with Crippen LogP contribution in [-0.2, 0) is 4.74 Å². The molecule has 0 saturated carbocycles. The number of hydrogen-bond donors (Lipinski definition) is 0. The molecule has 11 heteroatoms. The highest BCUT2D eigenvalue weighted by atomic mass is 19.1. The summed E-state index contributed by atoms with van der Waals surface area (Å²) in [6.07, 6.45) is 2.75. The lowest BCUT2D eigenvalue weighted by atomic mass is 9.98. The molecule has 202 valence electrons. The van der Waals surface area contributed by atoms with Crippen LogP contribution < -0.4 is 14.2 Å². The van der Waals surface area contributed by atoms with E-state index in [1.165, 1.54) is 25.4 Å². The summed E-state index contributed by atoms with van der Waals surface area (Å²) in [5.74, 6) is 0.0833. The summed E-state index contributed by atoms with van der Waals surface area (Å²) in [6, 6.07) is 8.66. The molecule has 4 rings (SSSR count). The first-order chi connectivity index (χ1) is 18.1. The van der Waals surface area contributed by atoms with Crippen LogP contribution >= 0.6 is 0 Å². The smallest absolute Gasteiger partial charge is 0.410 e. The van der Waals surface area contributed by atoms with E-state index in [1.54, 1.807) is 23.1 Å². The number of nitro benzene ring substituents is 1. The van der Waals surface area contributed by atoms with Crippen molar-refractivity contribution >= 4 is 22.7 Å². The Morgan fingerprint density at radius 1 is 1.13 bits per heavy atom. The van der Waals surface area contributed by atoms with Gasteiger partial charge in [0.2, 0.25) is 5.82 Å². The number of rotatable bonds is 7. The summed E-state index contributed by atoms with van der Waals surface area (Å²) < 4.78 is 37.4. The van der Waals surface area contributed by atoms with Crippen LogP contribution in [0.15, 0.2) is 42.6 Å². The van der Waals surface area contributed by atoms with Gasteiger partial charge in [0.15, 0.2) is 17.2 Å². The molecule has 0 bridgehead atoms. The molecule has 2 aromatic carbocycles. The number of fused-ring (bicyclic) bond motifs is 1.